The molecule has 3 aromatic heterocycles. The van der Waals surface area contributed by atoms with Gasteiger partial charge < -0.3 is 13.3 Å². The fraction of sp³-hybridized carbons (Fsp3) is 0. The molecule has 3 nitrogen and oxygen atoms in total. The summed E-state index contributed by atoms with van der Waals surface area (Å²) >= 11 is 0. The van der Waals surface area contributed by atoms with Crippen LogP contribution in [0.15, 0.2) is 147 Å². The van der Waals surface area contributed by atoms with Gasteiger partial charge in [-0.15, -0.1) is 0 Å². The van der Waals surface area contributed by atoms with Gasteiger partial charge in [0.1, 0.15) is 27.9 Å². The molecule has 10 rings (SSSR count). The van der Waals surface area contributed by atoms with Crippen molar-refractivity contribution in [3.05, 3.63) is 134 Å². The minimum atomic E-state index is 0.846. The molecule has 0 saturated carbocycles. The number of para-hydroxylation sites is 3. The zero-order valence-electron chi connectivity index (χ0n) is 22.9. The summed E-state index contributed by atoms with van der Waals surface area (Å²) in [5.74, 6) is 0. The molecule has 0 saturated heterocycles. The molecule has 43 heavy (non-hydrogen) atoms. The number of rotatable bonds is 2. The van der Waals surface area contributed by atoms with Crippen LogP contribution >= 0.6 is 0 Å². The summed E-state index contributed by atoms with van der Waals surface area (Å²) in [6, 6.07) is 44.5. The molecule has 0 unspecified atom stereocenters. The lowest BCUT2D eigenvalue weighted by Gasteiger charge is -2.17. The highest BCUT2D eigenvalue weighted by Crippen LogP contribution is 2.48. The van der Waals surface area contributed by atoms with Crippen LogP contribution in [0, 0.1) is 0 Å². The van der Waals surface area contributed by atoms with Gasteiger partial charge in [0.15, 0.2) is 0 Å². The highest BCUT2D eigenvalue weighted by Gasteiger charge is 2.22. The maximum atomic E-state index is 6.54. The van der Waals surface area contributed by atoms with Gasteiger partial charge >= 0.3 is 0 Å². The molecular formula is C40H22O3. The van der Waals surface area contributed by atoms with Gasteiger partial charge in [0.2, 0.25) is 0 Å². The quantitative estimate of drug-likeness (QED) is 0.201. The van der Waals surface area contributed by atoms with Gasteiger partial charge in [-0.05, 0) is 45.8 Å². The van der Waals surface area contributed by atoms with Gasteiger partial charge in [-0.25, -0.2) is 0 Å². The van der Waals surface area contributed by atoms with Gasteiger partial charge in [-0.2, -0.15) is 0 Å². The maximum absolute atomic E-state index is 6.54. The number of furan rings is 3. The SMILES string of the molecule is c1ccc2c(c1)oc1cc3c(-c4c5ccccc5c(-c5cccc6c5oc5ccccc56)c5ccccc45)coc3cc12. The first-order chi connectivity index (χ1) is 21.3. The molecule has 0 aliphatic rings. The van der Waals surface area contributed by atoms with E-state index in [1.54, 1.807) is 0 Å². The predicted molar refractivity (Wildman–Crippen MR) is 177 cm³/mol. The third kappa shape index (κ3) is 3.08. The van der Waals surface area contributed by atoms with Gasteiger partial charge in [-0.3, -0.25) is 0 Å². The Morgan fingerprint density at radius 1 is 0.326 bits per heavy atom. The van der Waals surface area contributed by atoms with E-state index in [9.17, 15) is 0 Å². The Labute approximate surface area is 245 Å². The van der Waals surface area contributed by atoms with Gasteiger partial charge in [0.05, 0.1) is 6.26 Å². The minimum absolute atomic E-state index is 0.846. The highest BCUT2D eigenvalue weighted by molar-refractivity contribution is 6.26. The Morgan fingerprint density at radius 2 is 0.837 bits per heavy atom. The van der Waals surface area contributed by atoms with E-state index in [0.29, 0.717) is 0 Å². The Hall–Kier alpha value is -5.80. The van der Waals surface area contributed by atoms with E-state index in [1.165, 1.54) is 16.3 Å². The molecule has 0 radical (unpaired) electrons. The Bertz CT molecular complexity index is 2680. The lowest BCUT2D eigenvalue weighted by Crippen LogP contribution is -1.90. The van der Waals surface area contributed by atoms with Crippen LogP contribution in [0.1, 0.15) is 0 Å². The van der Waals surface area contributed by atoms with Crippen LogP contribution < -0.4 is 0 Å². The smallest absolute Gasteiger partial charge is 0.143 e. The summed E-state index contributed by atoms with van der Waals surface area (Å²) in [4.78, 5) is 0. The van der Waals surface area contributed by atoms with Crippen molar-refractivity contribution in [3.8, 4) is 22.3 Å². The standard InChI is InChI=1S/C40H22O3/c1-3-14-27-25(12-1)38(30-17-9-16-29-23-10-5-8-19-35(23)43-40(29)30)26-13-2-4-15-28(26)39(27)33-22-41-36-20-31-24-11-6-7-18-34(24)42-37(31)21-32(33)36/h1-22H. The summed E-state index contributed by atoms with van der Waals surface area (Å²) in [5.41, 5.74) is 8.87. The van der Waals surface area contributed by atoms with Crippen LogP contribution in [0.2, 0.25) is 0 Å². The normalized spacial score (nSPS) is 12.2. The van der Waals surface area contributed by atoms with Crippen LogP contribution in [0.25, 0.3) is 98.6 Å². The molecular weight excluding hydrogens is 528 g/mol. The Balaban J connectivity index is 1.33. The van der Waals surface area contributed by atoms with Crippen molar-refractivity contribution in [2.24, 2.45) is 0 Å². The fourth-order valence-corrected chi connectivity index (χ4v) is 7.09. The van der Waals surface area contributed by atoms with E-state index in [2.05, 4.69) is 97.1 Å². The summed E-state index contributed by atoms with van der Waals surface area (Å²) in [6.45, 7) is 0. The number of fused-ring (bicyclic) bond motifs is 9. The molecule has 200 valence electrons. The molecule has 0 aliphatic heterocycles. The number of hydrogen-bond donors (Lipinski definition) is 0. The third-order valence-corrected chi connectivity index (χ3v) is 8.95. The van der Waals surface area contributed by atoms with E-state index < -0.39 is 0 Å². The second-order valence-electron chi connectivity index (χ2n) is 11.2. The summed E-state index contributed by atoms with van der Waals surface area (Å²) in [6.07, 6.45) is 1.90. The average Bonchev–Trinajstić information content (AvgIpc) is 3.75. The third-order valence-electron chi connectivity index (χ3n) is 8.95. The highest BCUT2D eigenvalue weighted by atomic mass is 16.3. The monoisotopic (exact) mass is 550 g/mol. The molecule has 10 aromatic rings. The lowest BCUT2D eigenvalue weighted by molar-refractivity contribution is 0.617. The zero-order valence-corrected chi connectivity index (χ0v) is 22.9. The van der Waals surface area contributed by atoms with Crippen molar-refractivity contribution in [2.45, 2.75) is 0 Å². The molecule has 3 heterocycles. The second kappa shape index (κ2) is 8.37. The van der Waals surface area contributed by atoms with E-state index in [0.717, 1.165) is 82.3 Å². The van der Waals surface area contributed by atoms with Crippen molar-refractivity contribution in [2.75, 3.05) is 0 Å². The van der Waals surface area contributed by atoms with Gasteiger partial charge in [-0.1, -0.05) is 103 Å². The molecule has 0 amide bonds. The molecule has 0 atom stereocenters. The summed E-state index contributed by atoms with van der Waals surface area (Å²) in [5, 5.41) is 10.1. The van der Waals surface area contributed by atoms with Crippen molar-refractivity contribution < 1.29 is 13.3 Å². The number of benzene rings is 7. The second-order valence-corrected chi connectivity index (χ2v) is 11.2. The Kier molecular flexibility index (Phi) is 4.45. The van der Waals surface area contributed by atoms with Crippen LogP contribution in [0.4, 0.5) is 0 Å². The molecule has 0 N–H and O–H groups in total. The minimum Gasteiger partial charge on any atom is -0.464 e. The van der Waals surface area contributed by atoms with Crippen molar-refractivity contribution >= 4 is 76.4 Å². The van der Waals surface area contributed by atoms with E-state index >= 15 is 0 Å². The van der Waals surface area contributed by atoms with Crippen molar-refractivity contribution in [1.82, 2.24) is 0 Å². The van der Waals surface area contributed by atoms with E-state index in [1.807, 2.05) is 36.6 Å². The zero-order chi connectivity index (χ0) is 28.1. The first kappa shape index (κ1) is 22.8. The fourth-order valence-electron chi connectivity index (χ4n) is 7.09. The summed E-state index contributed by atoms with van der Waals surface area (Å²) < 4.78 is 19.1. The Morgan fingerprint density at radius 3 is 1.51 bits per heavy atom. The molecule has 7 aromatic carbocycles. The predicted octanol–water partition coefficient (Wildman–Crippen LogP) is 11.9. The molecule has 0 fully saturated rings. The van der Waals surface area contributed by atoms with Crippen LogP contribution in [0.5, 0.6) is 0 Å². The molecule has 0 bridgehead atoms. The largest absolute Gasteiger partial charge is 0.464 e. The van der Waals surface area contributed by atoms with Gasteiger partial charge in [0.25, 0.3) is 0 Å². The lowest BCUT2D eigenvalue weighted by atomic mass is 9.85. The van der Waals surface area contributed by atoms with E-state index in [-0.39, 0.29) is 0 Å². The molecule has 3 heteroatoms. The summed E-state index contributed by atoms with van der Waals surface area (Å²) in [7, 11) is 0. The topological polar surface area (TPSA) is 39.4 Å². The molecule has 0 aliphatic carbocycles. The van der Waals surface area contributed by atoms with Crippen LogP contribution in [-0.2, 0) is 0 Å². The van der Waals surface area contributed by atoms with Crippen LogP contribution in [-0.4, -0.2) is 0 Å². The molecule has 0 spiro atoms. The first-order valence-corrected chi connectivity index (χ1v) is 14.5. The van der Waals surface area contributed by atoms with E-state index in [4.69, 9.17) is 13.3 Å². The van der Waals surface area contributed by atoms with Crippen LogP contribution in [0.3, 0.4) is 0 Å². The maximum Gasteiger partial charge on any atom is 0.143 e. The van der Waals surface area contributed by atoms with Gasteiger partial charge in [0, 0.05) is 49.2 Å². The van der Waals surface area contributed by atoms with Crippen molar-refractivity contribution in [1.29, 1.82) is 0 Å². The first-order valence-electron chi connectivity index (χ1n) is 14.5. The average molecular weight is 551 g/mol. The van der Waals surface area contributed by atoms with Crippen molar-refractivity contribution in [3.63, 3.8) is 0 Å². The number of hydrogen-bond acceptors (Lipinski definition) is 3.